The zero-order chi connectivity index (χ0) is 14.0. The maximum absolute atomic E-state index is 12.3. The Bertz CT molecular complexity index is 424. The summed E-state index contributed by atoms with van der Waals surface area (Å²) < 4.78 is 36.8. The van der Waals surface area contributed by atoms with Crippen molar-refractivity contribution in [2.75, 3.05) is 43.4 Å². The molecule has 1 aliphatic heterocycles. The van der Waals surface area contributed by atoms with Crippen LogP contribution in [0.3, 0.4) is 0 Å². The third-order valence-electron chi connectivity index (χ3n) is 2.90. The maximum atomic E-state index is 12.3. The fourth-order valence-corrected chi connectivity index (χ4v) is 2.27. The first-order valence-electron chi connectivity index (χ1n) is 5.80. The van der Waals surface area contributed by atoms with Gasteiger partial charge in [0, 0.05) is 37.9 Å². The molecule has 2 rings (SSSR count). The Hall–Kier alpha value is -1.21. The molecule has 2 heterocycles. The summed E-state index contributed by atoms with van der Waals surface area (Å²) >= 11 is 5.81. The van der Waals surface area contributed by atoms with Crippen LogP contribution in [0.25, 0.3) is 0 Å². The average Bonchev–Trinajstić information content (AvgIpc) is 2.26. The summed E-state index contributed by atoms with van der Waals surface area (Å²) in [5.41, 5.74) is 6.16. The van der Waals surface area contributed by atoms with Crippen molar-refractivity contribution in [3.05, 3.63) is 17.3 Å². The van der Waals surface area contributed by atoms with Crippen LogP contribution < -0.4 is 10.6 Å². The minimum atomic E-state index is -4.15. The molecule has 1 aliphatic rings. The predicted octanol–water partition coefficient (Wildman–Crippen LogP) is 2.00. The van der Waals surface area contributed by atoms with E-state index < -0.39 is 12.7 Å². The summed E-state index contributed by atoms with van der Waals surface area (Å²) in [4.78, 5) is 7.39. The van der Waals surface area contributed by atoms with E-state index in [0.29, 0.717) is 37.7 Å². The fourth-order valence-electron chi connectivity index (χ4n) is 2.05. The molecule has 0 radical (unpaired) electrons. The van der Waals surface area contributed by atoms with E-state index in [1.807, 2.05) is 4.90 Å². The van der Waals surface area contributed by atoms with Crippen molar-refractivity contribution in [1.29, 1.82) is 0 Å². The number of hydrogen-bond donors (Lipinski definition) is 1. The second kappa shape index (κ2) is 5.42. The minimum Gasteiger partial charge on any atom is -0.399 e. The van der Waals surface area contributed by atoms with E-state index in [2.05, 4.69) is 4.98 Å². The quantitative estimate of drug-likeness (QED) is 0.848. The van der Waals surface area contributed by atoms with Gasteiger partial charge in [-0.2, -0.15) is 13.2 Å². The zero-order valence-corrected chi connectivity index (χ0v) is 10.9. The Morgan fingerprint density at radius 2 is 1.84 bits per heavy atom. The summed E-state index contributed by atoms with van der Waals surface area (Å²) in [6.07, 6.45) is -4.15. The lowest BCUT2D eigenvalue weighted by Crippen LogP contribution is -2.49. The number of nitrogens with two attached hydrogens (primary N) is 1. The van der Waals surface area contributed by atoms with Crippen molar-refractivity contribution >= 4 is 23.1 Å². The molecule has 19 heavy (non-hydrogen) atoms. The molecule has 0 aliphatic carbocycles. The van der Waals surface area contributed by atoms with Crippen LogP contribution in [0, 0.1) is 0 Å². The van der Waals surface area contributed by atoms with Crippen LogP contribution in [0.4, 0.5) is 24.7 Å². The van der Waals surface area contributed by atoms with E-state index in [-0.39, 0.29) is 5.15 Å². The third kappa shape index (κ3) is 4.14. The smallest absolute Gasteiger partial charge is 0.399 e. The number of halogens is 4. The van der Waals surface area contributed by atoms with E-state index in [1.54, 1.807) is 6.07 Å². The van der Waals surface area contributed by atoms with Gasteiger partial charge in [0.15, 0.2) is 0 Å². The van der Waals surface area contributed by atoms with E-state index in [0.717, 1.165) is 0 Å². The van der Waals surface area contributed by atoms with E-state index in [1.165, 1.54) is 11.0 Å². The molecule has 1 aromatic rings. The Kier molecular flexibility index (Phi) is 4.05. The van der Waals surface area contributed by atoms with Gasteiger partial charge in [0.2, 0.25) is 0 Å². The Labute approximate surface area is 113 Å². The van der Waals surface area contributed by atoms with Gasteiger partial charge in [0.1, 0.15) is 11.0 Å². The number of nitrogens with zero attached hydrogens (tertiary/aromatic N) is 3. The number of alkyl halides is 3. The first kappa shape index (κ1) is 14.2. The van der Waals surface area contributed by atoms with Crippen LogP contribution >= 0.6 is 11.6 Å². The fraction of sp³-hybridized carbons (Fsp3) is 0.545. The maximum Gasteiger partial charge on any atom is 0.401 e. The molecule has 1 aromatic heterocycles. The molecule has 0 saturated carbocycles. The standard InChI is InChI=1S/C11H14ClF3N4/c12-9-5-8(16)6-10(17-9)19-3-1-18(2-4-19)7-11(13,14)15/h5-6H,1-4,7H2,(H2,16,17). The summed E-state index contributed by atoms with van der Waals surface area (Å²) in [5.74, 6) is 0.608. The molecule has 106 valence electrons. The number of piperazine rings is 1. The summed E-state index contributed by atoms with van der Waals surface area (Å²) in [6, 6.07) is 3.20. The number of aromatic nitrogens is 1. The molecule has 4 nitrogen and oxygen atoms in total. The van der Waals surface area contributed by atoms with Crippen molar-refractivity contribution in [2.45, 2.75) is 6.18 Å². The molecule has 1 saturated heterocycles. The van der Waals surface area contributed by atoms with Gasteiger partial charge >= 0.3 is 6.18 Å². The average molecular weight is 295 g/mol. The highest BCUT2D eigenvalue weighted by atomic mass is 35.5. The molecule has 0 atom stereocenters. The van der Waals surface area contributed by atoms with Gasteiger partial charge in [-0.1, -0.05) is 11.6 Å². The molecular weight excluding hydrogens is 281 g/mol. The van der Waals surface area contributed by atoms with Crippen molar-refractivity contribution in [3.63, 3.8) is 0 Å². The highest BCUT2D eigenvalue weighted by Crippen LogP contribution is 2.22. The normalized spacial score (nSPS) is 17.8. The topological polar surface area (TPSA) is 45.4 Å². The lowest BCUT2D eigenvalue weighted by Gasteiger charge is -2.35. The molecule has 8 heteroatoms. The molecule has 0 bridgehead atoms. The lowest BCUT2D eigenvalue weighted by molar-refractivity contribution is -0.146. The van der Waals surface area contributed by atoms with Crippen LogP contribution in [0.15, 0.2) is 12.1 Å². The Morgan fingerprint density at radius 3 is 2.37 bits per heavy atom. The number of nitrogen functional groups attached to an aromatic ring is 1. The summed E-state index contributed by atoms with van der Waals surface area (Å²) in [6.45, 7) is 0.763. The van der Waals surface area contributed by atoms with Crippen molar-refractivity contribution in [3.8, 4) is 0 Å². The second-order valence-corrected chi connectivity index (χ2v) is 4.85. The zero-order valence-electron chi connectivity index (χ0n) is 10.1. The van der Waals surface area contributed by atoms with Crippen LogP contribution in [0.2, 0.25) is 5.15 Å². The first-order valence-corrected chi connectivity index (χ1v) is 6.18. The summed E-state index contributed by atoms with van der Waals surface area (Å²) in [5, 5.41) is 0.285. The van der Waals surface area contributed by atoms with Gasteiger partial charge in [-0.25, -0.2) is 4.98 Å². The summed E-state index contributed by atoms with van der Waals surface area (Å²) in [7, 11) is 0. The van der Waals surface area contributed by atoms with Crippen LogP contribution in [-0.4, -0.2) is 48.8 Å². The lowest BCUT2D eigenvalue weighted by atomic mass is 10.3. The number of pyridine rings is 1. The molecule has 1 fully saturated rings. The van der Waals surface area contributed by atoms with Crippen molar-refractivity contribution in [1.82, 2.24) is 9.88 Å². The van der Waals surface area contributed by atoms with Crippen LogP contribution in [0.1, 0.15) is 0 Å². The molecule has 0 spiro atoms. The molecular formula is C11H14ClF3N4. The van der Waals surface area contributed by atoms with Gasteiger partial charge in [0.05, 0.1) is 6.54 Å². The molecule has 0 unspecified atom stereocenters. The first-order chi connectivity index (χ1) is 8.83. The monoisotopic (exact) mass is 294 g/mol. The number of hydrogen-bond acceptors (Lipinski definition) is 4. The Balaban J connectivity index is 1.96. The third-order valence-corrected chi connectivity index (χ3v) is 3.10. The van der Waals surface area contributed by atoms with E-state index in [9.17, 15) is 13.2 Å². The van der Waals surface area contributed by atoms with Crippen LogP contribution in [-0.2, 0) is 0 Å². The number of rotatable bonds is 2. The van der Waals surface area contributed by atoms with Gasteiger partial charge in [-0.15, -0.1) is 0 Å². The number of anilines is 2. The van der Waals surface area contributed by atoms with Crippen molar-refractivity contribution in [2.24, 2.45) is 0 Å². The van der Waals surface area contributed by atoms with Gasteiger partial charge in [-0.3, -0.25) is 4.90 Å². The van der Waals surface area contributed by atoms with Gasteiger partial charge < -0.3 is 10.6 Å². The minimum absolute atomic E-state index is 0.285. The van der Waals surface area contributed by atoms with Gasteiger partial charge in [0.25, 0.3) is 0 Å². The molecule has 0 amide bonds. The van der Waals surface area contributed by atoms with Gasteiger partial charge in [-0.05, 0) is 6.07 Å². The Morgan fingerprint density at radius 1 is 1.21 bits per heavy atom. The SMILES string of the molecule is Nc1cc(Cl)nc(N2CCN(CC(F)(F)F)CC2)c1. The second-order valence-electron chi connectivity index (χ2n) is 4.46. The van der Waals surface area contributed by atoms with Crippen LogP contribution in [0.5, 0.6) is 0 Å². The molecule has 0 aromatic carbocycles. The van der Waals surface area contributed by atoms with E-state index in [4.69, 9.17) is 17.3 Å². The largest absolute Gasteiger partial charge is 0.401 e. The predicted molar refractivity (Wildman–Crippen MR) is 68.4 cm³/mol. The van der Waals surface area contributed by atoms with Crippen molar-refractivity contribution < 1.29 is 13.2 Å². The van der Waals surface area contributed by atoms with E-state index >= 15 is 0 Å². The highest BCUT2D eigenvalue weighted by molar-refractivity contribution is 6.29. The highest BCUT2D eigenvalue weighted by Gasteiger charge is 2.32. The molecule has 2 N–H and O–H groups in total.